The first kappa shape index (κ1) is 16.4. The molecule has 2 atom stereocenters. The van der Waals surface area contributed by atoms with Gasteiger partial charge in [0.25, 0.3) is 0 Å². The molecule has 0 aromatic heterocycles. The molecule has 1 aliphatic rings. The van der Waals surface area contributed by atoms with Crippen LogP contribution in [0.4, 0.5) is 23.7 Å². The number of amides is 2. The molecule has 2 amide bonds. The molecule has 122 valence electrons. The molecule has 22 heavy (non-hydrogen) atoms. The van der Waals surface area contributed by atoms with Crippen molar-refractivity contribution in [2.24, 2.45) is 5.92 Å². The highest BCUT2D eigenvalue weighted by Crippen LogP contribution is 2.25. The molecule has 2 rings (SSSR count). The van der Waals surface area contributed by atoms with Gasteiger partial charge in [0.05, 0.1) is 6.10 Å². The first-order valence-electron chi connectivity index (χ1n) is 6.84. The molecule has 0 saturated carbocycles. The van der Waals surface area contributed by atoms with Crippen molar-refractivity contribution in [3.63, 3.8) is 0 Å². The Kier molecular flexibility index (Phi) is 4.80. The van der Waals surface area contributed by atoms with Gasteiger partial charge in [-0.2, -0.15) is 0 Å². The van der Waals surface area contributed by atoms with Gasteiger partial charge in [0.15, 0.2) is 0 Å². The molecule has 0 bridgehead atoms. The number of nitrogens with one attached hydrogen (secondary N) is 1. The summed E-state index contributed by atoms with van der Waals surface area (Å²) >= 11 is 0. The zero-order chi connectivity index (χ0) is 16.3. The van der Waals surface area contributed by atoms with Crippen LogP contribution in [-0.4, -0.2) is 41.6 Å². The number of aliphatic hydroxyl groups is 1. The van der Waals surface area contributed by atoms with Gasteiger partial charge in [-0.15, -0.1) is 13.2 Å². The molecular weight excluding hydrogens is 301 g/mol. The van der Waals surface area contributed by atoms with Crippen LogP contribution in [-0.2, 0) is 0 Å². The van der Waals surface area contributed by atoms with Crippen LogP contribution in [0.3, 0.4) is 0 Å². The number of ether oxygens (including phenoxy) is 1. The number of hydrogen-bond donors (Lipinski definition) is 2. The lowest BCUT2D eigenvalue weighted by molar-refractivity contribution is -0.274. The average molecular weight is 318 g/mol. The number of rotatable bonds is 2. The zero-order valence-corrected chi connectivity index (χ0v) is 11.9. The summed E-state index contributed by atoms with van der Waals surface area (Å²) in [5, 5.41) is 12.3. The molecular formula is C14H17F3N2O3. The number of piperidine rings is 1. The fourth-order valence-corrected chi connectivity index (χ4v) is 2.21. The maximum Gasteiger partial charge on any atom is 0.573 e. The minimum atomic E-state index is -4.78. The molecule has 1 fully saturated rings. The minimum absolute atomic E-state index is 0.118. The smallest absolute Gasteiger partial charge is 0.406 e. The first-order valence-corrected chi connectivity index (χ1v) is 6.84. The molecule has 8 heteroatoms. The van der Waals surface area contributed by atoms with Crippen molar-refractivity contribution in [3.05, 3.63) is 24.3 Å². The summed E-state index contributed by atoms with van der Waals surface area (Å²) in [4.78, 5) is 13.5. The minimum Gasteiger partial charge on any atom is -0.406 e. The van der Waals surface area contributed by atoms with Crippen LogP contribution in [0.15, 0.2) is 24.3 Å². The van der Waals surface area contributed by atoms with E-state index in [1.165, 1.54) is 17.0 Å². The Morgan fingerprint density at radius 2 is 2.18 bits per heavy atom. The van der Waals surface area contributed by atoms with Gasteiger partial charge in [0.1, 0.15) is 5.75 Å². The molecule has 2 N–H and O–H groups in total. The summed E-state index contributed by atoms with van der Waals surface area (Å²) in [5.41, 5.74) is 0.194. The number of anilines is 1. The average Bonchev–Trinajstić information content (AvgIpc) is 2.40. The van der Waals surface area contributed by atoms with Crippen molar-refractivity contribution < 1.29 is 27.8 Å². The van der Waals surface area contributed by atoms with E-state index in [0.29, 0.717) is 13.0 Å². The Morgan fingerprint density at radius 1 is 1.45 bits per heavy atom. The third-order valence-corrected chi connectivity index (χ3v) is 3.52. The number of carbonyl (C=O) groups is 1. The summed E-state index contributed by atoms with van der Waals surface area (Å²) in [6.07, 6.45) is -4.71. The highest BCUT2D eigenvalue weighted by Gasteiger charge is 2.31. The Labute approximate surface area is 125 Å². The number of carbonyl (C=O) groups excluding carboxylic acids is 1. The summed E-state index contributed by atoms with van der Waals surface area (Å²) in [6, 6.07) is 4.59. The molecule has 1 saturated heterocycles. The largest absolute Gasteiger partial charge is 0.573 e. The number of alkyl halides is 3. The van der Waals surface area contributed by atoms with E-state index in [1.54, 1.807) is 0 Å². The Balaban J connectivity index is 1.98. The van der Waals surface area contributed by atoms with Crippen molar-refractivity contribution in [3.8, 4) is 5.75 Å². The van der Waals surface area contributed by atoms with E-state index in [9.17, 15) is 23.1 Å². The lowest BCUT2D eigenvalue weighted by Crippen LogP contribution is -2.47. The van der Waals surface area contributed by atoms with Gasteiger partial charge in [0, 0.05) is 24.8 Å². The Bertz CT molecular complexity index is 536. The van der Waals surface area contributed by atoms with Crippen LogP contribution in [0, 0.1) is 5.92 Å². The standard InChI is InChI=1S/C14H17F3N2O3/c1-9-5-6-19(8-12(9)20)13(21)18-10-3-2-4-11(7-10)22-14(15,16)17/h2-4,7,9,12,20H,5-6,8H2,1H3,(H,18,21). The summed E-state index contributed by atoms with van der Waals surface area (Å²) in [6.45, 7) is 2.59. The predicted octanol–water partition coefficient (Wildman–Crippen LogP) is 2.82. The maximum atomic E-state index is 12.2. The second-order valence-corrected chi connectivity index (χ2v) is 5.29. The number of hydrogen-bond acceptors (Lipinski definition) is 3. The van der Waals surface area contributed by atoms with Crippen LogP contribution < -0.4 is 10.1 Å². The number of aliphatic hydroxyl groups excluding tert-OH is 1. The van der Waals surface area contributed by atoms with Gasteiger partial charge in [-0.05, 0) is 24.5 Å². The summed E-state index contributed by atoms with van der Waals surface area (Å²) < 4.78 is 40.3. The lowest BCUT2D eigenvalue weighted by atomic mass is 9.96. The number of likely N-dealkylation sites (tertiary alicyclic amines) is 1. The maximum absolute atomic E-state index is 12.2. The number of benzene rings is 1. The first-order chi connectivity index (χ1) is 10.2. The van der Waals surface area contributed by atoms with Crippen LogP contribution in [0.1, 0.15) is 13.3 Å². The summed E-state index contributed by atoms with van der Waals surface area (Å²) in [5.74, 6) is -0.287. The SMILES string of the molecule is CC1CCN(C(=O)Nc2cccc(OC(F)(F)F)c2)CC1O. The third kappa shape index (κ3) is 4.52. The fraction of sp³-hybridized carbons (Fsp3) is 0.500. The predicted molar refractivity (Wildman–Crippen MR) is 73.5 cm³/mol. The molecule has 5 nitrogen and oxygen atoms in total. The highest BCUT2D eigenvalue weighted by molar-refractivity contribution is 5.89. The second kappa shape index (κ2) is 6.43. The van der Waals surface area contributed by atoms with E-state index in [-0.39, 0.29) is 18.2 Å². The Morgan fingerprint density at radius 3 is 2.82 bits per heavy atom. The monoisotopic (exact) mass is 318 g/mol. The highest BCUT2D eigenvalue weighted by atomic mass is 19.4. The van der Waals surface area contributed by atoms with E-state index >= 15 is 0 Å². The molecule has 0 radical (unpaired) electrons. The second-order valence-electron chi connectivity index (χ2n) is 5.29. The normalized spacial score (nSPS) is 22.3. The number of halogens is 3. The van der Waals surface area contributed by atoms with Crippen molar-refractivity contribution >= 4 is 11.7 Å². The summed E-state index contributed by atoms with van der Waals surface area (Å²) in [7, 11) is 0. The zero-order valence-electron chi connectivity index (χ0n) is 11.9. The number of nitrogens with zero attached hydrogens (tertiary/aromatic N) is 1. The van der Waals surface area contributed by atoms with Crippen LogP contribution in [0.25, 0.3) is 0 Å². The van der Waals surface area contributed by atoms with E-state index in [0.717, 1.165) is 12.1 Å². The molecule has 0 aliphatic carbocycles. The topological polar surface area (TPSA) is 61.8 Å². The van der Waals surface area contributed by atoms with E-state index in [1.807, 2.05) is 6.92 Å². The van der Waals surface area contributed by atoms with E-state index in [4.69, 9.17) is 0 Å². The fourth-order valence-electron chi connectivity index (χ4n) is 2.21. The molecule has 0 spiro atoms. The van der Waals surface area contributed by atoms with Crippen molar-refractivity contribution in [1.29, 1.82) is 0 Å². The van der Waals surface area contributed by atoms with Crippen molar-refractivity contribution in [2.75, 3.05) is 18.4 Å². The van der Waals surface area contributed by atoms with Crippen LogP contribution >= 0.6 is 0 Å². The number of urea groups is 1. The quantitative estimate of drug-likeness (QED) is 0.881. The van der Waals surface area contributed by atoms with Gasteiger partial charge in [0.2, 0.25) is 0 Å². The van der Waals surface area contributed by atoms with Gasteiger partial charge in [-0.3, -0.25) is 0 Å². The molecule has 1 heterocycles. The number of β-amino-alcohol motifs (C(OH)–C–C–N with tert-alkyl or cyclic N) is 1. The lowest BCUT2D eigenvalue weighted by Gasteiger charge is -2.34. The van der Waals surface area contributed by atoms with Gasteiger partial charge in [-0.1, -0.05) is 13.0 Å². The van der Waals surface area contributed by atoms with Gasteiger partial charge in [-0.25, -0.2) is 4.79 Å². The van der Waals surface area contributed by atoms with E-state index in [2.05, 4.69) is 10.1 Å². The Hall–Kier alpha value is -1.96. The van der Waals surface area contributed by atoms with Crippen molar-refractivity contribution in [2.45, 2.75) is 25.8 Å². The third-order valence-electron chi connectivity index (χ3n) is 3.52. The van der Waals surface area contributed by atoms with Crippen LogP contribution in [0.2, 0.25) is 0 Å². The molecule has 1 aromatic rings. The molecule has 1 aliphatic heterocycles. The van der Waals surface area contributed by atoms with Gasteiger partial charge < -0.3 is 20.1 Å². The van der Waals surface area contributed by atoms with E-state index < -0.39 is 24.2 Å². The molecule has 1 aromatic carbocycles. The molecule has 2 unspecified atom stereocenters. The van der Waals surface area contributed by atoms with Crippen LogP contribution in [0.5, 0.6) is 5.75 Å². The van der Waals surface area contributed by atoms with Gasteiger partial charge >= 0.3 is 12.4 Å². The van der Waals surface area contributed by atoms with Crippen molar-refractivity contribution in [1.82, 2.24) is 4.90 Å².